The summed E-state index contributed by atoms with van der Waals surface area (Å²) in [7, 11) is 4.72. The molecule has 1 heterocycles. The zero-order chi connectivity index (χ0) is 22.8. The molecule has 0 radical (unpaired) electrons. The van der Waals surface area contributed by atoms with Gasteiger partial charge in [0.25, 0.3) is 0 Å². The Labute approximate surface area is 187 Å². The van der Waals surface area contributed by atoms with Gasteiger partial charge in [-0.1, -0.05) is 6.07 Å². The Morgan fingerprint density at radius 1 is 1.00 bits per heavy atom. The number of ether oxygens (including phenoxy) is 3. The molecule has 1 unspecified atom stereocenters. The van der Waals surface area contributed by atoms with Crippen LogP contribution in [0.2, 0.25) is 0 Å². The predicted octanol–water partition coefficient (Wildman–Crippen LogP) is 4.02. The fourth-order valence-electron chi connectivity index (χ4n) is 4.48. The number of hydrogen-bond acceptors (Lipinski definition) is 7. The quantitative estimate of drug-likeness (QED) is 0.764. The highest BCUT2D eigenvalue weighted by atomic mass is 16.5. The number of nitrogens with zero attached hydrogens (tertiary/aromatic N) is 2. The fraction of sp³-hybridized carbons (Fsp3) is 0.280. The maximum atomic E-state index is 13.2. The Bertz CT molecular complexity index is 1160. The molecule has 164 valence electrons. The summed E-state index contributed by atoms with van der Waals surface area (Å²) in [5, 5.41) is 10.1. The molecule has 0 spiro atoms. The van der Waals surface area contributed by atoms with Gasteiger partial charge >= 0.3 is 0 Å². The van der Waals surface area contributed by atoms with Crippen LogP contribution in [0.25, 0.3) is 0 Å². The number of carbonyl (C=O) groups is 1. The molecule has 2 aliphatic rings. The van der Waals surface area contributed by atoms with E-state index in [4.69, 9.17) is 19.9 Å². The van der Waals surface area contributed by atoms with Crippen LogP contribution in [0.15, 0.2) is 65.1 Å². The largest absolute Gasteiger partial charge is 0.497 e. The Balaban J connectivity index is 1.92. The molecule has 1 aliphatic carbocycles. The molecule has 7 nitrogen and oxygen atoms in total. The minimum absolute atomic E-state index is 0.0322. The van der Waals surface area contributed by atoms with Gasteiger partial charge in [0.1, 0.15) is 11.6 Å². The highest BCUT2D eigenvalue weighted by Gasteiger charge is 2.40. The van der Waals surface area contributed by atoms with E-state index in [1.165, 1.54) is 0 Å². The number of nitrogens with two attached hydrogens (primary N) is 1. The van der Waals surface area contributed by atoms with Crippen LogP contribution in [0.1, 0.15) is 30.7 Å². The van der Waals surface area contributed by atoms with E-state index in [-0.39, 0.29) is 5.78 Å². The molecule has 2 N–H and O–H groups in total. The maximum absolute atomic E-state index is 13.2. The van der Waals surface area contributed by atoms with Crippen molar-refractivity contribution in [2.45, 2.75) is 25.2 Å². The molecule has 1 atom stereocenters. The van der Waals surface area contributed by atoms with E-state index in [0.29, 0.717) is 47.1 Å². The zero-order valence-corrected chi connectivity index (χ0v) is 18.3. The number of nitriles is 1. The monoisotopic (exact) mass is 431 g/mol. The van der Waals surface area contributed by atoms with Crippen molar-refractivity contribution in [3.8, 4) is 23.3 Å². The minimum atomic E-state index is -0.558. The highest BCUT2D eigenvalue weighted by molar-refractivity contribution is 6.01. The molecule has 0 aromatic heterocycles. The lowest BCUT2D eigenvalue weighted by molar-refractivity contribution is -0.116. The van der Waals surface area contributed by atoms with Crippen molar-refractivity contribution in [2.75, 3.05) is 26.2 Å². The van der Waals surface area contributed by atoms with Gasteiger partial charge in [-0.05, 0) is 54.8 Å². The second-order valence-electron chi connectivity index (χ2n) is 7.63. The average Bonchev–Trinajstić information content (AvgIpc) is 2.83. The van der Waals surface area contributed by atoms with Crippen molar-refractivity contribution in [1.82, 2.24) is 0 Å². The summed E-state index contributed by atoms with van der Waals surface area (Å²) in [5.74, 6) is 1.62. The van der Waals surface area contributed by atoms with E-state index in [9.17, 15) is 10.1 Å². The minimum Gasteiger partial charge on any atom is -0.497 e. The second-order valence-corrected chi connectivity index (χ2v) is 7.63. The highest BCUT2D eigenvalue weighted by Crippen LogP contribution is 2.47. The number of ketones is 1. The van der Waals surface area contributed by atoms with Crippen LogP contribution in [0, 0.1) is 11.3 Å². The average molecular weight is 431 g/mol. The van der Waals surface area contributed by atoms with Crippen LogP contribution < -0.4 is 24.8 Å². The predicted molar refractivity (Wildman–Crippen MR) is 120 cm³/mol. The number of anilines is 1. The lowest BCUT2D eigenvalue weighted by Crippen LogP contribution is -2.38. The number of hydrogen-bond donors (Lipinski definition) is 1. The first-order chi connectivity index (χ1) is 15.5. The SMILES string of the molecule is COc1ccc(N2C(N)=C(C#N)C(c3ccc(OC)c(OC)c3)C3=C2CCCC3=O)cc1. The molecular weight excluding hydrogens is 406 g/mol. The molecule has 2 aromatic carbocycles. The molecule has 0 saturated heterocycles. The lowest BCUT2D eigenvalue weighted by atomic mass is 9.75. The van der Waals surface area contributed by atoms with Crippen molar-refractivity contribution in [3.63, 3.8) is 0 Å². The molecule has 1 aliphatic heterocycles. The summed E-state index contributed by atoms with van der Waals surface area (Å²) < 4.78 is 16.1. The van der Waals surface area contributed by atoms with Gasteiger partial charge in [0.2, 0.25) is 0 Å². The van der Waals surface area contributed by atoms with Gasteiger partial charge in [-0.25, -0.2) is 0 Å². The molecule has 32 heavy (non-hydrogen) atoms. The van der Waals surface area contributed by atoms with Gasteiger partial charge in [0.05, 0.1) is 38.9 Å². The lowest BCUT2D eigenvalue weighted by Gasteiger charge is -2.39. The molecule has 7 heteroatoms. The summed E-state index contributed by atoms with van der Waals surface area (Å²) in [5.41, 5.74) is 9.93. The third kappa shape index (κ3) is 3.44. The van der Waals surface area contributed by atoms with Crippen LogP contribution in [-0.4, -0.2) is 27.1 Å². The molecule has 0 bridgehead atoms. The first-order valence-electron chi connectivity index (χ1n) is 10.4. The van der Waals surface area contributed by atoms with Crippen molar-refractivity contribution in [2.24, 2.45) is 5.73 Å². The Morgan fingerprint density at radius 2 is 1.72 bits per heavy atom. The third-order valence-corrected chi connectivity index (χ3v) is 5.98. The van der Waals surface area contributed by atoms with Crippen molar-refractivity contribution in [3.05, 3.63) is 70.7 Å². The van der Waals surface area contributed by atoms with E-state index in [2.05, 4.69) is 6.07 Å². The van der Waals surface area contributed by atoms with Crippen LogP contribution >= 0.6 is 0 Å². The number of benzene rings is 2. The fourth-order valence-corrected chi connectivity index (χ4v) is 4.48. The summed E-state index contributed by atoms with van der Waals surface area (Å²) >= 11 is 0. The topological polar surface area (TPSA) is 97.8 Å². The van der Waals surface area contributed by atoms with Crippen molar-refractivity contribution in [1.29, 1.82) is 5.26 Å². The first-order valence-corrected chi connectivity index (χ1v) is 10.4. The standard InChI is InChI=1S/C25H25N3O4/c1-30-17-10-8-16(9-11-17)28-19-5-4-6-20(29)24(19)23(18(14-26)25(28)27)15-7-12-21(31-2)22(13-15)32-3/h7-13,23H,4-6,27H2,1-3H3. The van der Waals surface area contributed by atoms with E-state index >= 15 is 0 Å². The van der Waals surface area contributed by atoms with E-state index in [1.54, 1.807) is 27.4 Å². The van der Waals surface area contributed by atoms with Crippen molar-refractivity contribution < 1.29 is 19.0 Å². The Hall–Kier alpha value is -3.92. The maximum Gasteiger partial charge on any atom is 0.161 e. The summed E-state index contributed by atoms with van der Waals surface area (Å²) in [6, 6.07) is 15.1. The van der Waals surface area contributed by atoms with Gasteiger partial charge in [0, 0.05) is 23.4 Å². The number of methoxy groups -OCH3 is 3. The molecule has 4 rings (SSSR count). The molecule has 0 fully saturated rings. The third-order valence-electron chi connectivity index (χ3n) is 5.98. The second kappa shape index (κ2) is 8.67. The number of allylic oxidation sites excluding steroid dienone is 3. The Morgan fingerprint density at radius 3 is 2.34 bits per heavy atom. The smallest absolute Gasteiger partial charge is 0.161 e. The zero-order valence-electron chi connectivity index (χ0n) is 18.3. The molecule has 0 saturated carbocycles. The van der Waals surface area contributed by atoms with E-state index in [1.807, 2.05) is 41.3 Å². The van der Waals surface area contributed by atoms with Gasteiger partial charge in [-0.15, -0.1) is 0 Å². The van der Waals surface area contributed by atoms with Crippen LogP contribution in [-0.2, 0) is 4.79 Å². The molecular formula is C25H25N3O4. The van der Waals surface area contributed by atoms with Crippen LogP contribution in [0.5, 0.6) is 17.2 Å². The van der Waals surface area contributed by atoms with Gasteiger partial charge in [0.15, 0.2) is 17.3 Å². The summed E-state index contributed by atoms with van der Waals surface area (Å²) in [6.07, 6.45) is 1.87. The number of rotatable bonds is 5. The Kier molecular flexibility index (Phi) is 5.78. The molecule has 0 amide bonds. The van der Waals surface area contributed by atoms with Crippen LogP contribution in [0.4, 0.5) is 5.69 Å². The summed E-state index contributed by atoms with van der Waals surface area (Å²) in [6.45, 7) is 0. The first kappa shape index (κ1) is 21.3. The van der Waals surface area contributed by atoms with Crippen LogP contribution in [0.3, 0.4) is 0 Å². The number of Topliss-reactive ketones (excluding diaryl/α,β-unsaturated/α-hetero) is 1. The summed E-state index contributed by atoms with van der Waals surface area (Å²) in [4.78, 5) is 15.0. The van der Waals surface area contributed by atoms with Gasteiger partial charge < -0.3 is 19.9 Å². The van der Waals surface area contributed by atoms with E-state index in [0.717, 1.165) is 23.4 Å². The van der Waals surface area contributed by atoms with Gasteiger partial charge in [-0.3, -0.25) is 9.69 Å². The normalized spacial score (nSPS) is 18.2. The number of carbonyl (C=O) groups excluding carboxylic acids is 1. The van der Waals surface area contributed by atoms with E-state index < -0.39 is 5.92 Å². The van der Waals surface area contributed by atoms with Gasteiger partial charge in [-0.2, -0.15) is 5.26 Å². The molecule has 2 aromatic rings. The van der Waals surface area contributed by atoms with Crippen molar-refractivity contribution >= 4 is 11.5 Å².